The maximum atomic E-state index is 6.32. The van der Waals surface area contributed by atoms with Crippen LogP contribution in [0.1, 0.15) is 11.1 Å². The van der Waals surface area contributed by atoms with Gasteiger partial charge >= 0.3 is 0 Å². The molecule has 0 fully saturated rings. The molecule has 52 heavy (non-hydrogen) atoms. The lowest BCUT2D eigenvalue weighted by molar-refractivity contribution is 0.669. The minimum absolute atomic E-state index is 0.602. The van der Waals surface area contributed by atoms with E-state index in [0.717, 1.165) is 66.5 Å². The second-order valence-corrected chi connectivity index (χ2v) is 13.5. The van der Waals surface area contributed by atoms with Gasteiger partial charge in [0.25, 0.3) is 0 Å². The Morgan fingerprint density at radius 3 is 1.58 bits per heavy atom. The molecular formula is C47H32N4O. The lowest BCUT2D eigenvalue weighted by Crippen LogP contribution is -2.04. The normalized spacial score (nSPS) is 11.7. The Morgan fingerprint density at radius 1 is 0.404 bits per heavy atom. The molecule has 0 atom stereocenters. The minimum Gasteiger partial charge on any atom is -0.456 e. The van der Waals surface area contributed by atoms with Crippen LogP contribution < -0.4 is 0 Å². The van der Waals surface area contributed by atoms with Gasteiger partial charge in [0.05, 0.1) is 16.7 Å². The summed E-state index contributed by atoms with van der Waals surface area (Å²) >= 11 is 0. The highest BCUT2D eigenvalue weighted by Crippen LogP contribution is 2.40. The Bertz CT molecular complexity index is 2860. The van der Waals surface area contributed by atoms with Gasteiger partial charge in [-0.3, -0.25) is 0 Å². The summed E-state index contributed by atoms with van der Waals surface area (Å²) in [5, 5.41) is 4.63. The van der Waals surface area contributed by atoms with Gasteiger partial charge in [0.15, 0.2) is 17.5 Å². The molecular weight excluding hydrogens is 637 g/mol. The fraction of sp³-hybridized carbons (Fsp3) is 0.0426. The Hall–Kier alpha value is -6.85. The molecule has 7 aromatic carbocycles. The van der Waals surface area contributed by atoms with Crippen LogP contribution in [0.15, 0.2) is 162 Å². The van der Waals surface area contributed by atoms with E-state index in [2.05, 4.69) is 103 Å². The van der Waals surface area contributed by atoms with E-state index in [0.29, 0.717) is 17.5 Å². The second-order valence-electron chi connectivity index (χ2n) is 13.5. The predicted octanol–water partition coefficient (Wildman–Crippen LogP) is 12.2. The Kier molecular flexibility index (Phi) is 6.86. The summed E-state index contributed by atoms with van der Waals surface area (Å²) in [4.78, 5) is 15.5. The molecule has 5 heteroatoms. The molecule has 0 unspecified atom stereocenters. The van der Waals surface area contributed by atoms with E-state index in [9.17, 15) is 0 Å². The quantitative estimate of drug-likeness (QED) is 0.183. The van der Waals surface area contributed by atoms with Crippen molar-refractivity contribution >= 4 is 43.7 Å². The van der Waals surface area contributed by atoms with Crippen molar-refractivity contribution in [2.75, 3.05) is 0 Å². The van der Waals surface area contributed by atoms with Crippen molar-refractivity contribution in [2.45, 2.75) is 13.8 Å². The molecule has 246 valence electrons. The first-order valence-corrected chi connectivity index (χ1v) is 17.5. The standard InChI is InChI=1S/C47H32N4O/c1-29-17-21-35-36-22-18-30(2)26-42(36)51(41(35)25-29)40-24-20-33(34-19-23-38-37-15-9-10-16-43(37)52-44(38)28-34)27-39(40)47-49-45(31-11-5-3-6-12-31)48-46(50-47)32-13-7-4-8-14-32/h3-28H,1-2H3. The maximum Gasteiger partial charge on any atom is 0.166 e. The van der Waals surface area contributed by atoms with Crippen LogP contribution in [0.4, 0.5) is 0 Å². The van der Waals surface area contributed by atoms with Crippen molar-refractivity contribution in [3.05, 3.63) is 169 Å². The van der Waals surface area contributed by atoms with Gasteiger partial charge in [-0.25, -0.2) is 15.0 Å². The molecule has 0 spiro atoms. The summed E-state index contributed by atoms with van der Waals surface area (Å²) in [6, 6.07) is 55.0. The molecule has 10 rings (SSSR count). The predicted molar refractivity (Wildman–Crippen MR) is 213 cm³/mol. The first-order chi connectivity index (χ1) is 25.6. The van der Waals surface area contributed by atoms with Crippen LogP contribution >= 0.6 is 0 Å². The molecule has 0 amide bonds. The van der Waals surface area contributed by atoms with E-state index in [1.807, 2.05) is 72.8 Å². The molecule has 5 nitrogen and oxygen atoms in total. The largest absolute Gasteiger partial charge is 0.456 e. The van der Waals surface area contributed by atoms with Gasteiger partial charge in [-0.1, -0.05) is 115 Å². The number of para-hydroxylation sites is 1. The summed E-state index contributed by atoms with van der Waals surface area (Å²) in [5.41, 5.74) is 12.3. The van der Waals surface area contributed by atoms with Crippen LogP contribution in [0.5, 0.6) is 0 Å². The Morgan fingerprint density at radius 2 is 0.923 bits per heavy atom. The summed E-state index contributed by atoms with van der Waals surface area (Å²) in [7, 11) is 0. The van der Waals surface area contributed by atoms with Gasteiger partial charge in [-0.2, -0.15) is 0 Å². The summed E-state index contributed by atoms with van der Waals surface area (Å²) in [6.07, 6.45) is 0. The fourth-order valence-corrected chi connectivity index (χ4v) is 7.42. The number of hydrogen-bond acceptors (Lipinski definition) is 4. The van der Waals surface area contributed by atoms with Crippen LogP contribution in [-0.4, -0.2) is 19.5 Å². The van der Waals surface area contributed by atoms with Crippen molar-refractivity contribution in [1.29, 1.82) is 0 Å². The minimum atomic E-state index is 0.602. The molecule has 0 saturated carbocycles. The van der Waals surface area contributed by atoms with Crippen molar-refractivity contribution < 1.29 is 4.42 Å². The molecule has 10 aromatic rings. The number of nitrogens with zero attached hydrogens (tertiary/aromatic N) is 4. The molecule has 0 saturated heterocycles. The van der Waals surface area contributed by atoms with Gasteiger partial charge in [-0.15, -0.1) is 0 Å². The average Bonchev–Trinajstić information content (AvgIpc) is 3.72. The number of rotatable bonds is 5. The molecule has 3 heterocycles. The van der Waals surface area contributed by atoms with E-state index in [-0.39, 0.29) is 0 Å². The first-order valence-electron chi connectivity index (χ1n) is 17.5. The highest BCUT2D eigenvalue weighted by atomic mass is 16.3. The van der Waals surface area contributed by atoms with Crippen LogP contribution in [0, 0.1) is 13.8 Å². The second kappa shape index (κ2) is 11.9. The molecule has 0 bridgehead atoms. The van der Waals surface area contributed by atoms with Crippen molar-refractivity contribution in [1.82, 2.24) is 19.5 Å². The van der Waals surface area contributed by atoms with E-state index in [1.54, 1.807) is 0 Å². The van der Waals surface area contributed by atoms with E-state index in [1.165, 1.54) is 21.9 Å². The van der Waals surface area contributed by atoms with Crippen LogP contribution in [0.3, 0.4) is 0 Å². The molecule has 0 aliphatic carbocycles. The summed E-state index contributed by atoms with van der Waals surface area (Å²) in [5.74, 6) is 1.85. The lowest BCUT2D eigenvalue weighted by atomic mass is 9.99. The van der Waals surface area contributed by atoms with Gasteiger partial charge in [0.2, 0.25) is 0 Å². The Labute approximate surface area is 300 Å². The van der Waals surface area contributed by atoms with Crippen molar-refractivity contribution in [2.24, 2.45) is 0 Å². The zero-order chi connectivity index (χ0) is 34.8. The summed E-state index contributed by atoms with van der Waals surface area (Å²) < 4.78 is 8.70. The van der Waals surface area contributed by atoms with Crippen molar-refractivity contribution in [3.63, 3.8) is 0 Å². The lowest BCUT2D eigenvalue weighted by Gasteiger charge is -2.16. The fourth-order valence-electron chi connectivity index (χ4n) is 7.42. The highest BCUT2D eigenvalue weighted by molar-refractivity contribution is 6.10. The third kappa shape index (κ3) is 4.97. The molecule has 3 aromatic heterocycles. The number of fused-ring (bicyclic) bond motifs is 6. The van der Waals surface area contributed by atoms with Crippen LogP contribution in [0.2, 0.25) is 0 Å². The monoisotopic (exact) mass is 668 g/mol. The molecule has 0 aliphatic rings. The van der Waals surface area contributed by atoms with Gasteiger partial charge in [-0.05, 0) is 78.6 Å². The van der Waals surface area contributed by atoms with Gasteiger partial charge in [0.1, 0.15) is 11.2 Å². The zero-order valence-corrected chi connectivity index (χ0v) is 28.7. The third-order valence-corrected chi connectivity index (χ3v) is 9.97. The van der Waals surface area contributed by atoms with Gasteiger partial charge < -0.3 is 8.98 Å². The summed E-state index contributed by atoms with van der Waals surface area (Å²) in [6.45, 7) is 4.30. The molecule has 0 aliphatic heterocycles. The number of aryl methyl sites for hydroxylation is 2. The maximum absolute atomic E-state index is 6.32. The Balaban J connectivity index is 1.28. The number of aromatic nitrogens is 4. The number of benzene rings is 7. The van der Waals surface area contributed by atoms with Crippen LogP contribution in [-0.2, 0) is 0 Å². The zero-order valence-electron chi connectivity index (χ0n) is 28.7. The van der Waals surface area contributed by atoms with E-state index < -0.39 is 0 Å². The van der Waals surface area contributed by atoms with Gasteiger partial charge in [0, 0.05) is 38.2 Å². The number of hydrogen-bond donors (Lipinski definition) is 0. The van der Waals surface area contributed by atoms with E-state index in [4.69, 9.17) is 19.4 Å². The SMILES string of the molecule is Cc1ccc2c3ccc(C)cc3n(-c3ccc(-c4ccc5c(c4)oc4ccccc45)cc3-c3nc(-c4ccccc4)nc(-c4ccccc4)n3)c2c1. The van der Waals surface area contributed by atoms with Crippen molar-refractivity contribution in [3.8, 4) is 51.0 Å². The van der Waals surface area contributed by atoms with Crippen LogP contribution in [0.25, 0.3) is 94.7 Å². The average molecular weight is 669 g/mol. The van der Waals surface area contributed by atoms with E-state index >= 15 is 0 Å². The molecule has 0 radical (unpaired) electrons. The third-order valence-electron chi connectivity index (χ3n) is 9.97. The molecule has 0 N–H and O–H groups in total. The first kappa shape index (κ1) is 30.0. The highest BCUT2D eigenvalue weighted by Gasteiger charge is 2.21. The smallest absolute Gasteiger partial charge is 0.166 e. The topological polar surface area (TPSA) is 56.7 Å². The number of furan rings is 1.